The van der Waals surface area contributed by atoms with Crippen molar-refractivity contribution in [1.29, 1.82) is 0 Å². The van der Waals surface area contributed by atoms with E-state index in [0.29, 0.717) is 4.34 Å². The zero-order valence-corrected chi connectivity index (χ0v) is 16.5. The molecule has 0 aliphatic heterocycles. The number of hydrogen-bond donors (Lipinski definition) is 1. The Morgan fingerprint density at radius 3 is 2.48 bits per heavy atom. The van der Waals surface area contributed by atoms with E-state index in [4.69, 9.17) is 11.6 Å². The molecule has 0 bridgehead atoms. The Morgan fingerprint density at radius 1 is 1.24 bits per heavy atom. The van der Waals surface area contributed by atoms with Gasteiger partial charge in [-0.15, -0.1) is 11.3 Å². The Balaban J connectivity index is 2.05. The van der Waals surface area contributed by atoms with Gasteiger partial charge in [-0.2, -0.15) is 4.31 Å². The Hall–Kier alpha value is -1.41. The minimum atomic E-state index is -3.72. The number of hydrogen-bond acceptors (Lipinski definition) is 4. The van der Waals surface area contributed by atoms with Crippen molar-refractivity contribution in [2.45, 2.75) is 30.0 Å². The average molecular weight is 401 g/mol. The topological polar surface area (TPSA) is 66.5 Å². The molecule has 1 N–H and O–H groups in total. The molecule has 1 atom stereocenters. The summed E-state index contributed by atoms with van der Waals surface area (Å²) in [5, 5.41) is 2.93. The van der Waals surface area contributed by atoms with Crippen LogP contribution in [0.25, 0.3) is 0 Å². The highest BCUT2D eigenvalue weighted by Gasteiger charge is 2.25. The summed E-state index contributed by atoms with van der Waals surface area (Å²) in [6, 6.07) is 12.5. The van der Waals surface area contributed by atoms with Gasteiger partial charge >= 0.3 is 0 Å². The fraction of sp³-hybridized carbons (Fsp3) is 0.353. The van der Waals surface area contributed by atoms with Gasteiger partial charge in [0.25, 0.3) is 10.0 Å². The maximum atomic E-state index is 12.5. The third-order valence-corrected chi connectivity index (χ3v) is 7.20. The summed E-state index contributed by atoms with van der Waals surface area (Å²) in [6.45, 7) is 1.80. The summed E-state index contributed by atoms with van der Waals surface area (Å²) < 4.78 is 26.5. The molecule has 2 aromatic rings. The number of likely N-dealkylation sites (N-methyl/N-ethyl adjacent to an activating group) is 1. The van der Waals surface area contributed by atoms with Crippen LogP contribution in [0.4, 0.5) is 0 Å². The molecule has 136 valence electrons. The van der Waals surface area contributed by atoms with E-state index in [1.807, 2.05) is 37.3 Å². The predicted molar refractivity (Wildman–Crippen MR) is 101 cm³/mol. The van der Waals surface area contributed by atoms with Gasteiger partial charge in [0.05, 0.1) is 16.9 Å². The largest absolute Gasteiger partial charge is 0.348 e. The van der Waals surface area contributed by atoms with E-state index in [9.17, 15) is 13.2 Å². The third kappa shape index (κ3) is 5.28. The van der Waals surface area contributed by atoms with E-state index < -0.39 is 10.0 Å². The van der Waals surface area contributed by atoms with Crippen molar-refractivity contribution >= 4 is 38.9 Å². The van der Waals surface area contributed by atoms with Gasteiger partial charge in [-0.1, -0.05) is 55.3 Å². The molecule has 8 heteroatoms. The molecule has 1 heterocycles. The van der Waals surface area contributed by atoms with Crippen LogP contribution in [0.3, 0.4) is 0 Å². The number of carbonyl (C=O) groups is 1. The van der Waals surface area contributed by atoms with Crippen LogP contribution in [-0.4, -0.2) is 32.2 Å². The van der Waals surface area contributed by atoms with E-state index >= 15 is 0 Å². The SMILES string of the molecule is CCCC(NC(=O)CN(C)S(=O)(=O)c1ccc(Cl)s1)c1ccccc1. The summed E-state index contributed by atoms with van der Waals surface area (Å²) in [5.74, 6) is -0.337. The van der Waals surface area contributed by atoms with Crippen molar-refractivity contribution in [2.24, 2.45) is 0 Å². The molecule has 1 aromatic carbocycles. The summed E-state index contributed by atoms with van der Waals surface area (Å²) in [5.41, 5.74) is 1.01. The number of halogens is 1. The number of thiophene rings is 1. The molecule has 25 heavy (non-hydrogen) atoms. The highest BCUT2D eigenvalue weighted by Crippen LogP contribution is 2.27. The van der Waals surface area contributed by atoms with Gasteiger partial charge in [-0.05, 0) is 24.1 Å². The summed E-state index contributed by atoms with van der Waals surface area (Å²) in [6.07, 6.45) is 1.69. The quantitative estimate of drug-likeness (QED) is 0.734. The molecular weight excluding hydrogens is 380 g/mol. The van der Waals surface area contributed by atoms with E-state index in [-0.39, 0.29) is 22.7 Å². The number of carbonyl (C=O) groups excluding carboxylic acids is 1. The molecule has 0 aliphatic rings. The molecule has 0 spiro atoms. The van der Waals surface area contributed by atoms with Crippen molar-refractivity contribution in [1.82, 2.24) is 9.62 Å². The number of benzene rings is 1. The Bertz CT molecular complexity index is 806. The standard InChI is InChI=1S/C17H21ClN2O3S2/c1-3-7-14(13-8-5-4-6-9-13)19-16(21)12-20(2)25(22,23)17-11-10-15(18)24-17/h4-6,8-11,14H,3,7,12H2,1-2H3,(H,19,21). The number of nitrogens with one attached hydrogen (secondary N) is 1. The van der Waals surface area contributed by atoms with Crippen LogP contribution in [-0.2, 0) is 14.8 Å². The Morgan fingerprint density at radius 2 is 1.92 bits per heavy atom. The van der Waals surface area contributed by atoms with E-state index in [1.165, 1.54) is 19.2 Å². The summed E-state index contributed by atoms with van der Waals surface area (Å²) in [4.78, 5) is 12.4. The third-order valence-electron chi connectivity index (χ3n) is 3.69. The van der Waals surface area contributed by atoms with Gasteiger partial charge in [-0.3, -0.25) is 4.79 Å². The molecule has 0 saturated carbocycles. The van der Waals surface area contributed by atoms with E-state index in [2.05, 4.69) is 5.32 Å². The molecule has 1 aromatic heterocycles. The first-order chi connectivity index (χ1) is 11.8. The molecule has 0 radical (unpaired) electrons. The van der Waals surface area contributed by atoms with Crippen LogP contribution in [0.15, 0.2) is 46.7 Å². The van der Waals surface area contributed by atoms with Crippen LogP contribution in [0.5, 0.6) is 0 Å². The minimum Gasteiger partial charge on any atom is -0.348 e. The number of nitrogens with zero attached hydrogens (tertiary/aromatic N) is 1. The molecule has 1 unspecified atom stereocenters. The van der Waals surface area contributed by atoms with Gasteiger partial charge in [0, 0.05) is 7.05 Å². The second-order valence-electron chi connectivity index (χ2n) is 5.64. The lowest BCUT2D eigenvalue weighted by Gasteiger charge is -2.21. The average Bonchev–Trinajstić information content (AvgIpc) is 3.02. The zero-order valence-electron chi connectivity index (χ0n) is 14.1. The van der Waals surface area contributed by atoms with Crippen molar-refractivity contribution in [3.63, 3.8) is 0 Å². The van der Waals surface area contributed by atoms with Crippen molar-refractivity contribution in [3.8, 4) is 0 Å². The maximum Gasteiger partial charge on any atom is 0.252 e. The lowest BCUT2D eigenvalue weighted by molar-refractivity contribution is -0.121. The molecule has 0 fully saturated rings. The predicted octanol–water partition coefficient (Wildman–Crippen LogP) is 3.68. The smallest absolute Gasteiger partial charge is 0.252 e. The zero-order chi connectivity index (χ0) is 18.4. The first-order valence-corrected chi connectivity index (χ1v) is 10.5. The van der Waals surface area contributed by atoms with Crippen molar-refractivity contribution in [2.75, 3.05) is 13.6 Å². The molecular formula is C17H21ClN2O3S2. The summed E-state index contributed by atoms with van der Waals surface area (Å²) in [7, 11) is -2.33. The van der Waals surface area contributed by atoms with Crippen molar-refractivity contribution in [3.05, 3.63) is 52.4 Å². The maximum absolute atomic E-state index is 12.5. The van der Waals surface area contributed by atoms with Crippen LogP contribution in [0.1, 0.15) is 31.4 Å². The first kappa shape index (κ1) is 19.9. The lowest BCUT2D eigenvalue weighted by Crippen LogP contribution is -2.39. The van der Waals surface area contributed by atoms with Crippen LogP contribution in [0.2, 0.25) is 4.34 Å². The molecule has 0 saturated heterocycles. The highest BCUT2D eigenvalue weighted by atomic mass is 35.5. The van der Waals surface area contributed by atoms with E-state index in [1.54, 1.807) is 0 Å². The van der Waals surface area contributed by atoms with Crippen LogP contribution < -0.4 is 5.32 Å². The van der Waals surface area contributed by atoms with Gasteiger partial charge in [-0.25, -0.2) is 8.42 Å². The van der Waals surface area contributed by atoms with Crippen LogP contribution in [0, 0.1) is 0 Å². The van der Waals surface area contributed by atoms with Gasteiger partial charge in [0.2, 0.25) is 5.91 Å². The van der Waals surface area contributed by atoms with Crippen molar-refractivity contribution < 1.29 is 13.2 Å². The Kier molecular flexibility index (Phi) is 7.01. The number of amides is 1. The summed E-state index contributed by atoms with van der Waals surface area (Å²) >= 11 is 6.78. The second-order valence-corrected chi connectivity index (χ2v) is 9.63. The molecule has 1 amide bonds. The van der Waals surface area contributed by atoms with E-state index in [0.717, 1.165) is 34.0 Å². The Labute approximate surface area is 157 Å². The molecule has 0 aliphatic carbocycles. The fourth-order valence-corrected chi connectivity index (χ4v) is 5.23. The normalized spacial score (nSPS) is 13.0. The lowest BCUT2D eigenvalue weighted by atomic mass is 10.0. The van der Waals surface area contributed by atoms with Gasteiger partial charge in [0.15, 0.2) is 0 Å². The highest BCUT2D eigenvalue weighted by molar-refractivity contribution is 7.91. The minimum absolute atomic E-state index is 0.126. The van der Waals surface area contributed by atoms with Gasteiger partial charge < -0.3 is 5.32 Å². The second kappa shape index (κ2) is 8.80. The first-order valence-electron chi connectivity index (χ1n) is 7.90. The number of rotatable bonds is 8. The molecule has 5 nitrogen and oxygen atoms in total. The monoisotopic (exact) mass is 400 g/mol. The fourth-order valence-electron chi connectivity index (χ4n) is 2.41. The van der Waals surface area contributed by atoms with Gasteiger partial charge in [0.1, 0.15) is 4.21 Å². The molecule has 2 rings (SSSR count). The number of sulfonamides is 1. The van der Waals surface area contributed by atoms with Crippen LogP contribution >= 0.6 is 22.9 Å².